The van der Waals surface area contributed by atoms with Gasteiger partial charge in [-0.25, -0.2) is 9.97 Å². The molecule has 24 heavy (non-hydrogen) atoms. The van der Waals surface area contributed by atoms with E-state index in [9.17, 15) is 4.79 Å². The first-order valence-electron chi connectivity index (χ1n) is 7.92. The predicted octanol–water partition coefficient (Wildman–Crippen LogP) is 2.23. The fraction of sp³-hybridized carbons (Fsp3) is 0.353. The summed E-state index contributed by atoms with van der Waals surface area (Å²) in [7, 11) is 0. The topological polar surface area (TPSA) is 75.3 Å². The maximum Gasteiger partial charge on any atom is 0.276 e. The molecular formula is C17H20ClN5O. The van der Waals surface area contributed by atoms with Gasteiger partial charge >= 0.3 is 0 Å². The van der Waals surface area contributed by atoms with Crippen molar-refractivity contribution < 1.29 is 4.79 Å². The Hall–Kier alpha value is -2.18. The summed E-state index contributed by atoms with van der Waals surface area (Å²) in [4.78, 5) is 24.6. The van der Waals surface area contributed by atoms with Crippen LogP contribution in [0.15, 0.2) is 36.7 Å². The summed E-state index contributed by atoms with van der Waals surface area (Å²) in [6, 6.07) is 8.08. The molecule has 3 rings (SSSR count). The SMILES string of the molecule is CC(c1ccccc1Cl)N1CCN(C(=O)c2nccnc2N)CC1. The number of hydrogen-bond acceptors (Lipinski definition) is 5. The van der Waals surface area contributed by atoms with Crippen LogP contribution < -0.4 is 5.73 Å². The Balaban J connectivity index is 1.65. The summed E-state index contributed by atoms with van der Waals surface area (Å²) in [6.45, 7) is 4.95. The third kappa shape index (κ3) is 3.34. The molecule has 7 heteroatoms. The number of anilines is 1. The second-order valence-electron chi connectivity index (χ2n) is 5.82. The van der Waals surface area contributed by atoms with Crippen molar-refractivity contribution in [3.8, 4) is 0 Å². The number of nitrogens with zero attached hydrogens (tertiary/aromatic N) is 4. The Labute approximate surface area is 146 Å². The second kappa shape index (κ2) is 7.15. The van der Waals surface area contributed by atoms with E-state index in [-0.39, 0.29) is 23.5 Å². The number of nitrogens with two attached hydrogens (primary N) is 1. The molecule has 1 aromatic heterocycles. The van der Waals surface area contributed by atoms with Crippen molar-refractivity contribution in [3.63, 3.8) is 0 Å². The number of amides is 1. The van der Waals surface area contributed by atoms with E-state index in [1.54, 1.807) is 4.90 Å². The zero-order chi connectivity index (χ0) is 17.1. The van der Waals surface area contributed by atoms with Crippen LogP contribution in [0.5, 0.6) is 0 Å². The number of nitrogen functional groups attached to an aromatic ring is 1. The van der Waals surface area contributed by atoms with Crippen molar-refractivity contribution in [2.24, 2.45) is 0 Å². The molecule has 0 spiro atoms. The molecule has 1 unspecified atom stereocenters. The van der Waals surface area contributed by atoms with Crippen molar-refractivity contribution in [2.75, 3.05) is 31.9 Å². The molecular weight excluding hydrogens is 326 g/mol. The molecule has 0 radical (unpaired) electrons. The van der Waals surface area contributed by atoms with Gasteiger partial charge in [0.1, 0.15) is 0 Å². The first-order chi connectivity index (χ1) is 11.6. The number of carbonyl (C=O) groups is 1. The molecule has 0 saturated carbocycles. The van der Waals surface area contributed by atoms with Crippen molar-refractivity contribution in [2.45, 2.75) is 13.0 Å². The molecule has 1 amide bonds. The highest BCUT2D eigenvalue weighted by Gasteiger charge is 2.27. The quantitative estimate of drug-likeness (QED) is 0.923. The molecule has 0 aliphatic carbocycles. The van der Waals surface area contributed by atoms with Gasteiger partial charge in [0.05, 0.1) is 0 Å². The van der Waals surface area contributed by atoms with E-state index in [4.69, 9.17) is 17.3 Å². The largest absolute Gasteiger partial charge is 0.382 e. The Morgan fingerprint density at radius 1 is 1.17 bits per heavy atom. The van der Waals surface area contributed by atoms with Gasteiger partial charge in [0, 0.05) is 49.6 Å². The van der Waals surface area contributed by atoms with Crippen molar-refractivity contribution in [1.29, 1.82) is 0 Å². The molecule has 2 N–H and O–H groups in total. The summed E-state index contributed by atoms with van der Waals surface area (Å²) in [5.74, 6) is 0.0139. The number of rotatable bonds is 3. The molecule has 1 atom stereocenters. The Morgan fingerprint density at radius 3 is 2.50 bits per heavy atom. The van der Waals surface area contributed by atoms with Crippen LogP contribution in [0.2, 0.25) is 5.02 Å². The Kier molecular flexibility index (Phi) is 4.97. The minimum absolute atomic E-state index is 0.161. The van der Waals surface area contributed by atoms with Crippen LogP contribution in [0, 0.1) is 0 Å². The Morgan fingerprint density at radius 2 is 1.83 bits per heavy atom. The first kappa shape index (κ1) is 16.7. The van der Waals surface area contributed by atoms with Gasteiger partial charge in [-0.05, 0) is 18.6 Å². The molecule has 1 aliphatic rings. The van der Waals surface area contributed by atoms with Crippen LogP contribution in [-0.4, -0.2) is 51.9 Å². The Bertz CT molecular complexity index is 730. The third-order valence-electron chi connectivity index (χ3n) is 4.43. The maximum atomic E-state index is 12.5. The lowest BCUT2D eigenvalue weighted by molar-refractivity contribution is 0.0577. The molecule has 1 aliphatic heterocycles. The van der Waals surface area contributed by atoms with Crippen LogP contribution in [0.4, 0.5) is 5.82 Å². The normalized spacial score (nSPS) is 16.8. The van der Waals surface area contributed by atoms with Crippen LogP contribution in [0.3, 0.4) is 0 Å². The van der Waals surface area contributed by atoms with Gasteiger partial charge in [-0.2, -0.15) is 0 Å². The van der Waals surface area contributed by atoms with E-state index in [1.165, 1.54) is 12.4 Å². The molecule has 0 bridgehead atoms. The van der Waals surface area contributed by atoms with Gasteiger partial charge in [0.25, 0.3) is 5.91 Å². The van der Waals surface area contributed by atoms with Gasteiger partial charge in [0.2, 0.25) is 0 Å². The minimum atomic E-state index is -0.161. The number of hydrogen-bond donors (Lipinski definition) is 1. The van der Waals surface area contributed by atoms with E-state index >= 15 is 0 Å². The minimum Gasteiger partial charge on any atom is -0.382 e. The van der Waals surface area contributed by atoms with Crippen LogP contribution in [-0.2, 0) is 0 Å². The lowest BCUT2D eigenvalue weighted by atomic mass is 10.1. The number of halogens is 1. The molecule has 6 nitrogen and oxygen atoms in total. The van der Waals surface area contributed by atoms with Crippen LogP contribution >= 0.6 is 11.6 Å². The van der Waals surface area contributed by atoms with E-state index in [2.05, 4.69) is 21.8 Å². The lowest BCUT2D eigenvalue weighted by Crippen LogP contribution is -2.49. The first-order valence-corrected chi connectivity index (χ1v) is 8.30. The maximum absolute atomic E-state index is 12.5. The summed E-state index contributed by atoms with van der Waals surface area (Å²) in [5.41, 5.74) is 7.09. The highest BCUT2D eigenvalue weighted by atomic mass is 35.5. The van der Waals surface area contributed by atoms with Gasteiger partial charge in [-0.1, -0.05) is 29.8 Å². The van der Waals surface area contributed by atoms with Crippen molar-refractivity contribution in [1.82, 2.24) is 19.8 Å². The third-order valence-corrected chi connectivity index (χ3v) is 4.78. The smallest absolute Gasteiger partial charge is 0.276 e. The van der Waals surface area contributed by atoms with E-state index in [0.717, 1.165) is 23.7 Å². The average Bonchev–Trinajstić information content (AvgIpc) is 2.61. The predicted molar refractivity (Wildman–Crippen MR) is 93.8 cm³/mol. The van der Waals surface area contributed by atoms with Gasteiger partial charge in [-0.15, -0.1) is 0 Å². The fourth-order valence-corrected chi connectivity index (χ4v) is 3.28. The molecule has 2 heterocycles. The summed E-state index contributed by atoms with van der Waals surface area (Å²) in [5, 5.41) is 0.774. The number of piperazine rings is 1. The van der Waals surface area contributed by atoms with E-state index in [0.29, 0.717) is 13.1 Å². The average molecular weight is 346 g/mol. The van der Waals surface area contributed by atoms with Gasteiger partial charge < -0.3 is 10.6 Å². The molecule has 2 aromatic rings. The lowest BCUT2D eigenvalue weighted by Gasteiger charge is -2.38. The van der Waals surface area contributed by atoms with Crippen molar-refractivity contribution >= 4 is 23.3 Å². The molecule has 1 aromatic carbocycles. The second-order valence-corrected chi connectivity index (χ2v) is 6.22. The zero-order valence-electron chi connectivity index (χ0n) is 13.5. The summed E-state index contributed by atoms with van der Waals surface area (Å²) < 4.78 is 0. The summed E-state index contributed by atoms with van der Waals surface area (Å²) in [6.07, 6.45) is 2.97. The monoisotopic (exact) mass is 345 g/mol. The highest BCUT2D eigenvalue weighted by Crippen LogP contribution is 2.28. The standard InChI is InChI=1S/C17H20ClN5O/c1-12(13-4-2-3-5-14(13)18)22-8-10-23(11-9-22)17(24)15-16(19)21-7-6-20-15/h2-7,12H,8-11H2,1H3,(H2,19,21). The van der Waals surface area contributed by atoms with E-state index < -0.39 is 0 Å². The fourth-order valence-electron chi connectivity index (χ4n) is 2.99. The van der Waals surface area contributed by atoms with Gasteiger partial charge in [-0.3, -0.25) is 9.69 Å². The van der Waals surface area contributed by atoms with Crippen LogP contribution in [0.25, 0.3) is 0 Å². The van der Waals surface area contributed by atoms with Crippen LogP contribution in [0.1, 0.15) is 29.0 Å². The van der Waals surface area contributed by atoms with Crippen molar-refractivity contribution in [3.05, 3.63) is 52.9 Å². The summed E-state index contributed by atoms with van der Waals surface area (Å²) >= 11 is 6.29. The number of aromatic nitrogens is 2. The van der Waals surface area contributed by atoms with E-state index in [1.807, 2.05) is 24.3 Å². The molecule has 1 fully saturated rings. The van der Waals surface area contributed by atoms with Gasteiger partial charge in [0.15, 0.2) is 11.5 Å². The number of benzene rings is 1. The zero-order valence-corrected chi connectivity index (χ0v) is 14.3. The molecule has 1 saturated heterocycles. The highest BCUT2D eigenvalue weighted by molar-refractivity contribution is 6.31. The number of carbonyl (C=O) groups excluding carboxylic acids is 1. The molecule has 126 valence electrons.